The molecular weight excluding hydrogens is 246 g/mol. The van der Waals surface area contributed by atoms with Gasteiger partial charge in [-0.25, -0.2) is 8.42 Å². The number of nitrogens with zero attached hydrogens (tertiary/aromatic N) is 1. The van der Waals surface area contributed by atoms with Gasteiger partial charge in [-0.1, -0.05) is 35.9 Å². The Hall–Kier alpha value is -1.55. The molecule has 0 saturated heterocycles. The van der Waals surface area contributed by atoms with Crippen LogP contribution in [-0.2, 0) is 10.0 Å². The molecule has 1 aromatic carbocycles. The molecule has 2 bridgehead atoms. The average Bonchev–Trinajstić information content (AvgIpc) is 2.71. The van der Waals surface area contributed by atoms with Gasteiger partial charge in [-0.05, 0) is 31.4 Å². The van der Waals surface area contributed by atoms with Crippen LogP contribution in [0.5, 0.6) is 0 Å². The Morgan fingerprint density at radius 2 is 1.83 bits per heavy atom. The Labute approximate surface area is 107 Å². The van der Waals surface area contributed by atoms with Crippen LogP contribution in [0.15, 0.2) is 53.6 Å². The van der Waals surface area contributed by atoms with Crippen molar-refractivity contribution in [2.45, 2.75) is 24.3 Å². The summed E-state index contributed by atoms with van der Waals surface area (Å²) in [4.78, 5) is 0.358. The molecule has 18 heavy (non-hydrogen) atoms. The molecule has 3 nitrogen and oxygen atoms in total. The van der Waals surface area contributed by atoms with E-state index in [0.717, 1.165) is 12.0 Å². The smallest absolute Gasteiger partial charge is 0.264 e. The van der Waals surface area contributed by atoms with E-state index in [1.54, 1.807) is 18.3 Å². The van der Waals surface area contributed by atoms with Crippen molar-refractivity contribution in [3.8, 4) is 0 Å². The maximum absolute atomic E-state index is 12.5. The van der Waals surface area contributed by atoms with Crippen molar-refractivity contribution >= 4 is 10.0 Å². The molecule has 0 radical (unpaired) electrons. The average molecular weight is 261 g/mol. The van der Waals surface area contributed by atoms with E-state index in [9.17, 15) is 8.42 Å². The third kappa shape index (κ3) is 1.77. The molecule has 0 fully saturated rings. The van der Waals surface area contributed by atoms with E-state index >= 15 is 0 Å². The van der Waals surface area contributed by atoms with Gasteiger partial charge in [-0.2, -0.15) is 0 Å². The van der Waals surface area contributed by atoms with Crippen LogP contribution in [0.25, 0.3) is 0 Å². The van der Waals surface area contributed by atoms with Crippen molar-refractivity contribution in [1.82, 2.24) is 4.31 Å². The third-order valence-corrected chi connectivity index (χ3v) is 5.31. The third-order valence-electron chi connectivity index (χ3n) is 3.50. The van der Waals surface area contributed by atoms with E-state index < -0.39 is 10.0 Å². The van der Waals surface area contributed by atoms with Crippen LogP contribution in [0.1, 0.15) is 12.0 Å². The molecule has 1 aliphatic heterocycles. The van der Waals surface area contributed by atoms with Crippen LogP contribution >= 0.6 is 0 Å². The zero-order valence-electron chi connectivity index (χ0n) is 10.2. The highest BCUT2D eigenvalue weighted by molar-refractivity contribution is 7.89. The van der Waals surface area contributed by atoms with Crippen LogP contribution in [-0.4, -0.2) is 18.8 Å². The predicted molar refractivity (Wildman–Crippen MR) is 70.4 cm³/mol. The van der Waals surface area contributed by atoms with Gasteiger partial charge >= 0.3 is 0 Å². The minimum absolute atomic E-state index is 0.0219. The number of fused-ring (bicyclic) bond motifs is 2. The minimum Gasteiger partial charge on any atom is -0.267 e. The van der Waals surface area contributed by atoms with Crippen LogP contribution in [0.4, 0.5) is 0 Å². The normalized spacial score (nSPS) is 25.7. The Bertz CT molecular complexity index is 614. The lowest BCUT2D eigenvalue weighted by Crippen LogP contribution is -2.36. The summed E-state index contributed by atoms with van der Waals surface area (Å²) in [6, 6.07) is 6.97. The molecule has 0 spiro atoms. The SMILES string of the molecule is Cc1ccc(S(=O)(=O)N2C=CC3C=CC2C3)cc1. The summed E-state index contributed by atoms with van der Waals surface area (Å²) in [5.41, 5.74) is 1.06. The largest absolute Gasteiger partial charge is 0.267 e. The van der Waals surface area contributed by atoms with Gasteiger partial charge in [0, 0.05) is 6.20 Å². The number of sulfonamides is 1. The number of aryl methyl sites for hydroxylation is 1. The van der Waals surface area contributed by atoms with Crippen LogP contribution in [0, 0.1) is 12.8 Å². The summed E-state index contributed by atoms with van der Waals surface area (Å²) < 4.78 is 26.5. The van der Waals surface area contributed by atoms with E-state index in [1.165, 1.54) is 4.31 Å². The molecular formula is C14H15NO2S. The standard InChI is InChI=1S/C14H15NO2S/c1-11-2-6-14(7-3-11)18(16,17)15-9-8-12-4-5-13(15)10-12/h2-9,12-13H,10H2,1H3. The van der Waals surface area contributed by atoms with Crippen molar-refractivity contribution in [3.63, 3.8) is 0 Å². The first kappa shape index (κ1) is 11.5. The number of hydrogen-bond donors (Lipinski definition) is 0. The van der Waals surface area contributed by atoms with E-state index in [-0.39, 0.29) is 6.04 Å². The van der Waals surface area contributed by atoms with Gasteiger partial charge in [0.25, 0.3) is 10.0 Å². The predicted octanol–water partition coefficient (Wildman–Crippen LogP) is 2.46. The topological polar surface area (TPSA) is 37.4 Å². The number of allylic oxidation sites excluding steroid dienone is 2. The van der Waals surface area contributed by atoms with Crippen molar-refractivity contribution < 1.29 is 8.42 Å². The van der Waals surface area contributed by atoms with Gasteiger partial charge in [0.15, 0.2) is 0 Å². The second-order valence-corrected chi connectivity index (χ2v) is 6.68. The lowest BCUT2D eigenvalue weighted by molar-refractivity contribution is 0.410. The first-order chi connectivity index (χ1) is 8.57. The fourth-order valence-corrected chi connectivity index (χ4v) is 3.90. The molecule has 0 N–H and O–H groups in total. The molecule has 2 aliphatic rings. The van der Waals surface area contributed by atoms with Crippen LogP contribution in [0.2, 0.25) is 0 Å². The fraction of sp³-hybridized carbons (Fsp3) is 0.286. The monoisotopic (exact) mass is 261 g/mol. The zero-order valence-corrected chi connectivity index (χ0v) is 11.0. The lowest BCUT2D eigenvalue weighted by Gasteiger charge is -2.29. The molecule has 4 heteroatoms. The second-order valence-electron chi connectivity index (χ2n) is 4.84. The van der Waals surface area contributed by atoms with E-state index in [0.29, 0.717) is 10.8 Å². The van der Waals surface area contributed by atoms with Crippen molar-refractivity contribution in [2.75, 3.05) is 0 Å². The zero-order chi connectivity index (χ0) is 12.8. The highest BCUT2D eigenvalue weighted by Gasteiger charge is 2.33. The van der Waals surface area contributed by atoms with Gasteiger partial charge in [-0.15, -0.1) is 0 Å². The highest BCUT2D eigenvalue weighted by Crippen LogP contribution is 2.32. The molecule has 0 saturated carbocycles. The van der Waals surface area contributed by atoms with Gasteiger partial charge in [0.1, 0.15) is 0 Å². The molecule has 1 aliphatic carbocycles. The summed E-state index contributed by atoms with van der Waals surface area (Å²) in [7, 11) is -3.42. The molecule has 94 valence electrons. The molecule has 2 atom stereocenters. The van der Waals surface area contributed by atoms with Crippen LogP contribution < -0.4 is 0 Å². The first-order valence-corrected chi connectivity index (χ1v) is 7.48. The summed E-state index contributed by atoms with van der Waals surface area (Å²) in [5, 5.41) is 0. The van der Waals surface area contributed by atoms with Crippen molar-refractivity contribution in [2.24, 2.45) is 5.92 Å². The molecule has 3 rings (SSSR count). The molecule has 2 unspecified atom stereocenters. The van der Waals surface area contributed by atoms with E-state index in [2.05, 4.69) is 6.08 Å². The van der Waals surface area contributed by atoms with Gasteiger partial charge in [-0.3, -0.25) is 4.31 Å². The first-order valence-electron chi connectivity index (χ1n) is 6.04. The van der Waals surface area contributed by atoms with Gasteiger partial charge < -0.3 is 0 Å². The van der Waals surface area contributed by atoms with Crippen LogP contribution in [0.3, 0.4) is 0 Å². The van der Waals surface area contributed by atoms with Crippen molar-refractivity contribution in [3.05, 3.63) is 54.3 Å². The molecule has 1 heterocycles. The van der Waals surface area contributed by atoms with Gasteiger partial charge in [0.2, 0.25) is 0 Å². The molecule has 1 aromatic rings. The summed E-state index contributed by atoms with van der Waals surface area (Å²) >= 11 is 0. The molecule has 0 amide bonds. The quantitative estimate of drug-likeness (QED) is 0.767. The summed E-state index contributed by atoms with van der Waals surface area (Å²) in [6.07, 6.45) is 8.57. The maximum atomic E-state index is 12.5. The Kier molecular flexibility index (Phi) is 2.55. The number of rotatable bonds is 2. The van der Waals surface area contributed by atoms with E-state index in [4.69, 9.17) is 0 Å². The van der Waals surface area contributed by atoms with Crippen molar-refractivity contribution in [1.29, 1.82) is 0 Å². The second kappa shape index (κ2) is 3.99. The maximum Gasteiger partial charge on any atom is 0.264 e. The summed E-state index contributed by atoms with van der Waals surface area (Å²) in [5.74, 6) is 0.402. The minimum atomic E-state index is -3.42. The summed E-state index contributed by atoms with van der Waals surface area (Å²) in [6.45, 7) is 1.95. The Morgan fingerprint density at radius 3 is 2.56 bits per heavy atom. The Balaban J connectivity index is 2.00. The highest BCUT2D eigenvalue weighted by atomic mass is 32.2. The lowest BCUT2D eigenvalue weighted by atomic mass is 10.1. The van der Waals surface area contributed by atoms with Gasteiger partial charge in [0.05, 0.1) is 10.9 Å². The fourth-order valence-electron chi connectivity index (χ4n) is 2.43. The number of hydrogen-bond acceptors (Lipinski definition) is 2. The molecule has 0 aromatic heterocycles. The number of benzene rings is 1. The van der Waals surface area contributed by atoms with E-state index in [1.807, 2.05) is 31.2 Å². The Morgan fingerprint density at radius 1 is 1.11 bits per heavy atom.